The van der Waals surface area contributed by atoms with Crippen LogP contribution in [0.3, 0.4) is 0 Å². The Morgan fingerprint density at radius 1 is 1.31 bits per heavy atom. The molecule has 2 aromatic rings. The minimum absolute atomic E-state index is 0.163. The maximum Gasteiger partial charge on any atom is 0.123 e. The fourth-order valence-corrected chi connectivity index (χ4v) is 2.56. The molecule has 1 aromatic carbocycles. The maximum atomic E-state index is 8.86. The predicted octanol–water partition coefficient (Wildman–Crippen LogP) is 2.96. The summed E-state index contributed by atoms with van der Waals surface area (Å²) in [6, 6.07) is 6.40. The number of aliphatic hydroxyl groups is 1. The van der Waals surface area contributed by atoms with E-state index in [9.17, 15) is 0 Å². The van der Waals surface area contributed by atoms with Crippen molar-refractivity contribution < 1.29 is 5.11 Å². The van der Waals surface area contributed by atoms with Gasteiger partial charge in [-0.1, -0.05) is 17.7 Å². The lowest BCUT2D eigenvalue weighted by Crippen LogP contribution is -1.91. The summed E-state index contributed by atoms with van der Waals surface area (Å²) in [5.74, 6) is 0. The molecule has 0 aliphatic carbocycles. The first-order valence-electron chi connectivity index (χ1n) is 5.33. The molecule has 2 nitrogen and oxygen atoms in total. The second-order valence-electron chi connectivity index (χ2n) is 3.94. The van der Waals surface area contributed by atoms with Crippen LogP contribution in [0.2, 0.25) is 0 Å². The minimum Gasteiger partial charge on any atom is -0.396 e. The van der Waals surface area contributed by atoms with Gasteiger partial charge in [0.05, 0.1) is 5.69 Å². The quantitative estimate of drug-likeness (QED) is 0.884. The summed E-state index contributed by atoms with van der Waals surface area (Å²) in [5, 5.41) is 11.9. The predicted molar refractivity (Wildman–Crippen MR) is 67.8 cm³/mol. The highest BCUT2D eigenvalue weighted by molar-refractivity contribution is 7.13. The molecule has 1 heterocycles. The molecule has 0 saturated carbocycles. The van der Waals surface area contributed by atoms with Gasteiger partial charge in [-0.2, -0.15) is 0 Å². The molecule has 0 aliphatic rings. The van der Waals surface area contributed by atoms with Crippen molar-refractivity contribution in [2.45, 2.75) is 20.3 Å². The SMILES string of the molecule is Cc1ccc(C)c(-c2nc(CCO)cs2)c1. The Balaban J connectivity index is 2.38. The molecule has 0 radical (unpaired) electrons. The molecule has 2 rings (SSSR count). The van der Waals surface area contributed by atoms with Gasteiger partial charge < -0.3 is 5.11 Å². The van der Waals surface area contributed by atoms with Gasteiger partial charge in [0.1, 0.15) is 5.01 Å². The molecule has 0 spiro atoms. The molecule has 1 N–H and O–H groups in total. The largest absolute Gasteiger partial charge is 0.396 e. The number of hydrogen-bond acceptors (Lipinski definition) is 3. The molecule has 84 valence electrons. The Kier molecular flexibility index (Phi) is 3.36. The zero-order valence-corrected chi connectivity index (χ0v) is 10.3. The van der Waals surface area contributed by atoms with E-state index in [1.807, 2.05) is 5.38 Å². The van der Waals surface area contributed by atoms with Gasteiger partial charge >= 0.3 is 0 Å². The topological polar surface area (TPSA) is 33.1 Å². The van der Waals surface area contributed by atoms with Crippen LogP contribution in [0.1, 0.15) is 16.8 Å². The van der Waals surface area contributed by atoms with E-state index in [1.165, 1.54) is 16.7 Å². The van der Waals surface area contributed by atoms with Gasteiger partial charge in [0, 0.05) is 24.0 Å². The summed E-state index contributed by atoms with van der Waals surface area (Å²) < 4.78 is 0. The van der Waals surface area contributed by atoms with E-state index in [4.69, 9.17) is 5.11 Å². The Labute approximate surface area is 99.6 Å². The van der Waals surface area contributed by atoms with Crippen LogP contribution in [-0.4, -0.2) is 16.7 Å². The lowest BCUT2D eigenvalue weighted by Gasteiger charge is -2.03. The van der Waals surface area contributed by atoms with Crippen molar-refractivity contribution in [1.29, 1.82) is 0 Å². The highest BCUT2D eigenvalue weighted by Gasteiger charge is 2.07. The number of aryl methyl sites for hydroxylation is 2. The number of aromatic nitrogens is 1. The second kappa shape index (κ2) is 4.76. The molecule has 16 heavy (non-hydrogen) atoms. The number of hydrogen-bond donors (Lipinski definition) is 1. The van der Waals surface area contributed by atoms with Gasteiger partial charge in [0.25, 0.3) is 0 Å². The van der Waals surface area contributed by atoms with Gasteiger partial charge in [0.2, 0.25) is 0 Å². The Hall–Kier alpha value is -1.19. The normalized spacial score (nSPS) is 10.7. The zero-order valence-electron chi connectivity index (χ0n) is 9.53. The number of nitrogens with zero attached hydrogens (tertiary/aromatic N) is 1. The van der Waals surface area contributed by atoms with Gasteiger partial charge in [0.15, 0.2) is 0 Å². The summed E-state index contributed by atoms with van der Waals surface area (Å²) in [7, 11) is 0. The number of rotatable bonds is 3. The first kappa shape index (κ1) is 11.3. The van der Waals surface area contributed by atoms with Crippen LogP contribution in [0.15, 0.2) is 23.6 Å². The average molecular weight is 233 g/mol. The average Bonchev–Trinajstić information content (AvgIpc) is 2.71. The summed E-state index contributed by atoms with van der Waals surface area (Å²) in [6.07, 6.45) is 0.640. The summed E-state index contributed by atoms with van der Waals surface area (Å²) in [6.45, 7) is 4.35. The van der Waals surface area contributed by atoms with E-state index in [0.29, 0.717) is 6.42 Å². The lowest BCUT2D eigenvalue weighted by molar-refractivity contribution is 0.298. The zero-order chi connectivity index (χ0) is 11.5. The Morgan fingerprint density at radius 3 is 2.88 bits per heavy atom. The van der Waals surface area contributed by atoms with E-state index in [1.54, 1.807) is 11.3 Å². The highest BCUT2D eigenvalue weighted by Crippen LogP contribution is 2.27. The Morgan fingerprint density at radius 2 is 2.12 bits per heavy atom. The Bertz CT molecular complexity index is 490. The van der Waals surface area contributed by atoms with Crippen molar-refractivity contribution in [2.24, 2.45) is 0 Å². The summed E-state index contributed by atoms with van der Waals surface area (Å²) >= 11 is 1.64. The number of benzene rings is 1. The van der Waals surface area contributed by atoms with Crippen molar-refractivity contribution in [3.8, 4) is 10.6 Å². The van der Waals surface area contributed by atoms with Gasteiger partial charge in [-0.3, -0.25) is 0 Å². The first-order chi connectivity index (χ1) is 7.70. The summed E-state index contributed by atoms with van der Waals surface area (Å²) in [4.78, 5) is 4.53. The van der Waals surface area contributed by atoms with Crippen LogP contribution < -0.4 is 0 Å². The first-order valence-corrected chi connectivity index (χ1v) is 6.21. The molecular weight excluding hydrogens is 218 g/mol. The molecule has 0 bridgehead atoms. The highest BCUT2D eigenvalue weighted by atomic mass is 32.1. The molecule has 0 unspecified atom stereocenters. The number of thiazole rings is 1. The minimum atomic E-state index is 0.163. The van der Waals surface area contributed by atoms with Crippen LogP contribution in [-0.2, 0) is 6.42 Å². The van der Waals surface area contributed by atoms with Gasteiger partial charge in [-0.15, -0.1) is 11.3 Å². The van der Waals surface area contributed by atoms with Crippen LogP contribution in [0.4, 0.5) is 0 Å². The molecule has 0 saturated heterocycles. The second-order valence-corrected chi connectivity index (χ2v) is 4.79. The van der Waals surface area contributed by atoms with Crippen LogP contribution >= 0.6 is 11.3 Å². The van der Waals surface area contributed by atoms with Gasteiger partial charge in [-0.25, -0.2) is 4.98 Å². The van der Waals surface area contributed by atoms with Gasteiger partial charge in [-0.05, 0) is 25.5 Å². The van der Waals surface area contributed by atoms with Crippen LogP contribution in [0.25, 0.3) is 10.6 Å². The van der Waals surface area contributed by atoms with Crippen LogP contribution in [0, 0.1) is 13.8 Å². The fourth-order valence-electron chi connectivity index (χ4n) is 1.63. The lowest BCUT2D eigenvalue weighted by atomic mass is 10.1. The third kappa shape index (κ3) is 2.31. The van der Waals surface area contributed by atoms with Crippen molar-refractivity contribution >= 4 is 11.3 Å². The molecule has 0 fully saturated rings. The fraction of sp³-hybridized carbons (Fsp3) is 0.308. The van der Waals surface area contributed by atoms with E-state index in [0.717, 1.165) is 10.7 Å². The summed E-state index contributed by atoms with van der Waals surface area (Å²) in [5.41, 5.74) is 4.67. The monoisotopic (exact) mass is 233 g/mol. The van der Waals surface area contributed by atoms with Crippen molar-refractivity contribution in [2.75, 3.05) is 6.61 Å². The van der Waals surface area contributed by atoms with Crippen molar-refractivity contribution in [3.05, 3.63) is 40.4 Å². The van der Waals surface area contributed by atoms with Crippen molar-refractivity contribution in [1.82, 2.24) is 4.98 Å². The molecule has 0 aliphatic heterocycles. The maximum absolute atomic E-state index is 8.86. The van der Waals surface area contributed by atoms with E-state index in [-0.39, 0.29) is 6.61 Å². The van der Waals surface area contributed by atoms with E-state index in [2.05, 4.69) is 37.0 Å². The molecule has 0 atom stereocenters. The molecular formula is C13H15NOS. The smallest absolute Gasteiger partial charge is 0.123 e. The molecule has 0 amide bonds. The van der Waals surface area contributed by atoms with E-state index < -0.39 is 0 Å². The third-order valence-corrected chi connectivity index (χ3v) is 3.47. The standard InChI is InChI=1S/C13H15NOS/c1-9-3-4-10(2)12(7-9)13-14-11(5-6-15)8-16-13/h3-4,7-8,15H,5-6H2,1-2H3. The molecule has 1 aromatic heterocycles. The molecule has 3 heteroatoms. The van der Waals surface area contributed by atoms with E-state index >= 15 is 0 Å². The third-order valence-electron chi connectivity index (χ3n) is 2.54. The van der Waals surface area contributed by atoms with Crippen LogP contribution in [0.5, 0.6) is 0 Å². The number of aliphatic hydroxyl groups excluding tert-OH is 1. The van der Waals surface area contributed by atoms with Crippen molar-refractivity contribution in [3.63, 3.8) is 0 Å².